The first-order valence-electron chi connectivity index (χ1n) is 10.1. The van der Waals surface area contributed by atoms with Gasteiger partial charge in [0.15, 0.2) is 5.89 Å². The monoisotopic (exact) mass is 388 g/mol. The number of nitrogens with zero attached hydrogens (tertiary/aromatic N) is 2. The number of ether oxygens (including phenoxy) is 1. The summed E-state index contributed by atoms with van der Waals surface area (Å²) in [6.45, 7) is 5.99. The lowest BCUT2D eigenvalue weighted by atomic mass is 9.84. The van der Waals surface area contributed by atoms with E-state index >= 15 is 0 Å². The van der Waals surface area contributed by atoms with Crippen LogP contribution in [0.1, 0.15) is 55.7 Å². The van der Waals surface area contributed by atoms with E-state index in [0.29, 0.717) is 24.1 Å². The largest absolute Gasteiger partial charge is 0.446 e. The maximum atomic E-state index is 6.04. The molecule has 5 heteroatoms. The molecule has 4 rings (SSSR count). The fourth-order valence-electron chi connectivity index (χ4n) is 4.60. The molecule has 27 heavy (non-hydrogen) atoms. The Hall–Kier alpha value is -1.36. The van der Waals surface area contributed by atoms with Gasteiger partial charge in [-0.15, -0.1) is 0 Å². The fraction of sp³-hybridized carbons (Fsp3) is 0.591. The number of benzene rings is 1. The molecule has 1 saturated carbocycles. The van der Waals surface area contributed by atoms with Gasteiger partial charge in [-0.2, -0.15) is 0 Å². The molecule has 0 unspecified atom stereocenters. The van der Waals surface area contributed by atoms with Crippen LogP contribution in [0.3, 0.4) is 0 Å². The zero-order chi connectivity index (χ0) is 18.8. The minimum atomic E-state index is 0.304. The maximum Gasteiger partial charge on any atom is 0.197 e. The Labute approximate surface area is 166 Å². The number of hydrogen-bond donors (Lipinski definition) is 0. The van der Waals surface area contributed by atoms with E-state index in [1.54, 1.807) is 0 Å². The van der Waals surface area contributed by atoms with Crippen LogP contribution >= 0.6 is 11.6 Å². The molecule has 2 atom stereocenters. The van der Waals surface area contributed by atoms with E-state index in [1.807, 2.05) is 25.3 Å². The van der Waals surface area contributed by atoms with Crippen LogP contribution < -0.4 is 0 Å². The SMILES string of the molecule is Cc1cnc(C2CCC(N3C[C@H](C)OC[C@@H]3Cc3ccc(Cl)cc3)CC2)o1. The Kier molecular flexibility index (Phi) is 5.86. The number of hydrogen-bond acceptors (Lipinski definition) is 4. The minimum Gasteiger partial charge on any atom is -0.446 e. The Balaban J connectivity index is 1.41. The molecule has 0 radical (unpaired) electrons. The number of halogens is 1. The third-order valence-electron chi connectivity index (χ3n) is 6.05. The van der Waals surface area contributed by atoms with Crippen molar-refractivity contribution in [2.24, 2.45) is 0 Å². The Morgan fingerprint density at radius 2 is 1.89 bits per heavy atom. The van der Waals surface area contributed by atoms with Gasteiger partial charge in [0, 0.05) is 29.6 Å². The minimum absolute atomic E-state index is 0.304. The molecule has 1 aromatic carbocycles. The zero-order valence-corrected chi connectivity index (χ0v) is 17.0. The van der Waals surface area contributed by atoms with Crippen molar-refractivity contribution in [2.45, 2.75) is 70.1 Å². The summed E-state index contributed by atoms with van der Waals surface area (Å²) < 4.78 is 11.8. The van der Waals surface area contributed by atoms with Crippen LogP contribution in [-0.4, -0.2) is 41.2 Å². The molecular formula is C22H29ClN2O2. The first-order chi connectivity index (χ1) is 13.1. The maximum absolute atomic E-state index is 6.04. The second-order valence-electron chi connectivity index (χ2n) is 8.14. The number of rotatable bonds is 4. The van der Waals surface area contributed by atoms with Gasteiger partial charge in [0.1, 0.15) is 5.76 Å². The van der Waals surface area contributed by atoms with E-state index in [2.05, 4.69) is 28.9 Å². The lowest BCUT2D eigenvalue weighted by Crippen LogP contribution is -2.54. The van der Waals surface area contributed by atoms with Crippen molar-refractivity contribution in [1.29, 1.82) is 0 Å². The summed E-state index contributed by atoms with van der Waals surface area (Å²) in [6, 6.07) is 9.31. The molecule has 146 valence electrons. The van der Waals surface area contributed by atoms with E-state index in [1.165, 1.54) is 18.4 Å². The molecule has 0 bridgehead atoms. The van der Waals surface area contributed by atoms with Crippen molar-refractivity contribution >= 4 is 11.6 Å². The van der Waals surface area contributed by atoms with E-state index < -0.39 is 0 Å². The van der Waals surface area contributed by atoms with Gasteiger partial charge in [0.25, 0.3) is 0 Å². The molecule has 2 heterocycles. The van der Waals surface area contributed by atoms with Gasteiger partial charge in [-0.1, -0.05) is 23.7 Å². The first kappa shape index (κ1) is 19.0. The number of oxazole rings is 1. The standard InChI is InChI=1S/C22H29ClN2O2/c1-15-12-24-22(27-15)18-5-9-20(10-6-18)25-13-16(2)26-14-21(25)11-17-3-7-19(23)8-4-17/h3-4,7-8,12,16,18,20-21H,5-6,9-11,13-14H2,1-2H3/t16-,18?,20?,21-/m0/s1. The van der Waals surface area contributed by atoms with Gasteiger partial charge in [0.05, 0.1) is 18.9 Å². The number of aromatic nitrogens is 1. The second-order valence-corrected chi connectivity index (χ2v) is 8.58. The lowest BCUT2D eigenvalue weighted by Gasteiger charge is -2.45. The number of aryl methyl sites for hydroxylation is 1. The summed E-state index contributed by atoms with van der Waals surface area (Å²) in [4.78, 5) is 7.16. The van der Waals surface area contributed by atoms with Crippen LogP contribution in [0.5, 0.6) is 0 Å². The number of morpholine rings is 1. The molecule has 1 aliphatic carbocycles. The topological polar surface area (TPSA) is 38.5 Å². The summed E-state index contributed by atoms with van der Waals surface area (Å²) >= 11 is 6.04. The summed E-state index contributed by atoms with van der Waals surface area (Å²) in [5.41, 5.74) is 1.33. The molecule has 2 aliphatic rings. The van der Waals surface area contributed by atoms with E-state index in [0.717, 1.165) is 49.1 Å². The van der Waals surface area contributed by atoms with Crippen LogP contribution in [0.15, 0.2) is 34.9 Å². The van der Waals surface area contributed by atoms with Crippen molar-refractivity contribution < 1.29 is 9.15 Å². The molecule has 2 aromatic rings. The smallest absolute Gasteiger partial charge is 0.197 e. The van der Waals surface area contributed by atoms with Crippen molar-refractivity contribution in [2.75, 3.05) is 13.2 Å². The predicted octanol–water partition coefficient (Wildman–Crippen LogP) is 4.99. The van der Waals surface area contributed by atoms with Crippen molar-refractivity contribution in [3.8, 4) is 0 Å². The molecule has 0 amide bonds. The Morgan fingerprint density at radius 1 is 1.15 bits per heavy atom. The Morgan fingerprint density at radius 3 is 2.56 bits per heavy atom. The molecule has 0 N–H and O–H groups in total. The summed E-state index contributed by atoms with van der Waals surface area (Å²) in [7, 11) is 0. The highest BCUT2D eigenvalue weighted by Gasteiger charge is 2.35. The summed E-state index contributed by atoms with van der Waals surface area (Å²) in [5.74, 6) is 2.32. The van der Waals surface area contributed by atoms with Crippen molar-refractivity contribution in [3.05, 3.63) is 52.7 Å². The predicted molar refractivity (Wildman–Crippen MR) is 107 cm³/mol. The molecule has 2 fully saturated rings. The molecule has 1 aromatic heterocycles. The molecule has 1 aliphatic heterocycles. The molecule has 1 saturated heterocycles. The highest BCUT2D eigenvalue weighted by molar-refractivity contribution is 6.30. The average Bonchev–Trinajstić information content (AvgIpc) is 3.11. The third-order valence-corrected chi connectivity index (χ3v) is 6.30. The highest BCUT2D eigenvalue weighted by atomic mass is 35.5. The van der Waals surface area contributed by atoms with Crippen molar-refractivity contribution in [3.63, 3.8) is 0 Å². The summed E-state index contributed by atoms with van der Waals surface area (Å²) in [6.07, 6.45) is 7.88. The zero-order valence-electron chi connectivity index (χ0n) is 16.2. The van der Waals surface area contributed by atoms with Gasteiger partial charge in [-0.3, -0.25) is 4.90 Å². The molecule has 4 nitrogen and oxygen atoms in total. The molecule has 0 spiro atoms. The lowest BCUT2D eigenvalue weighted by molar-refractivity contribution is -0.0771. The van der Waals surface area contributed by atoms with E-state index in [-0.39, 0.29) is 0 Å². The van der Waals surface area contributed by atoms with E-state index in [9.17, 15) is 0 Å². The van der Waals surface area contributed by atoms with Gasteiger partial charge in [-0.25, -0.2) is 4.98 Å². The van der Waals surface area contributed by atoms with Gasteiger partial charge in [-0.05, 0) is 63.6 Å². The van der Waals surface area contributed by atoms with E-state index in [4.69, 9.17) is 20.8 Å². The quantitative estimate of drug-likeness (QED) is 0.739. The third kappa shape index (κ3) is 4.56. The Bertz CT molecular complexity index is 737. The van der Waals surface area contributed by atoms with Crippen LogP contribution in [-0.2, 0) is 11.2 Å². The summed E-state index contributed by atoms with van der Waals surface area (Å²) in [5, 5.41) is 0.796. The van der Waals surface area contributed by atoms with Crippen LogP contribution in [0.25, 0.3) is 0 Å². The molecular weight excluding hydrogens is 360 g/mol. The van der Waals surface area contributed by atoms with Gasteiger partial charge >= 0.3 is 0 Å². The normalized spacial score (nSPS) is 29.7. The van der Waals surface area contributed by atoms with Crippen LogP contribution in [0.4, 0.5) is 0 Å². The van der Waals surface area contributed by atoms with Gasteiger partial charge < -0.3 is 9.15 Å². The van der Waals surface area contributed by atoms with Crippen LogP contribution in [0, 0.1) is 6.92 Å². The van der Waals surface area contributed by atoms with Gasteiger partial charge in [0.2, 0.25) is 0 Å². The van der Waals surface area contributed by atoms with Crippen LogP contribution in [0.2, 0.25) is 5.02 Å². The average molecular weight is 389 g/mol. The van der Waals surface area contributed by atoms with Crippen molar-refractivity contribution in [1.82, 2.24) is 9.88 Å². The first-order valence-corrected chi connectivity index (χ1v) is 10.5. The fourth-order valence-corrected chi connectivity index (χ4v) is 4.73. The second kappa shape index (κ2) is 8.34. The highest BCUT2D eigenvalue weighted by Crippen LogP contribution is 2.36.